The fraction of sp³-hybridized carbons (Fsp3) is 0.415. The van der Waals surface area contributed by atoms with Crippen LogP contribution in [0, 0.1) is 5.92 Å². The fourth-order valence-electron chi connectivity index (χ4n) is 8.05. The Morgan fingerprint density at radius 1 is 0.882 bits per heavy atom. The molecule has 10 heteroatoms. The molecule has 3 aromatic rings. The van der Waals surface area contributed by atoms with Crippen molar-refractivity contribution in [1.29, 1.82) is 0 Å². The SMILES string of the molecule is C[C@H](/C=C/CC(=O)N1Cc2ccccc2C[C@H]1CO)[C@@]1(O)C(=O)N(Cc2ccc(N3CCCCC3=O)cc2)c2ccc(N3CCCCC3=O)cc21. The van der Waals surface area contributed by atoms with Crippen LogP contribution < -0.4 is 14.7 Å². The van der Waals surface area contributed by atoms with Crippen LogP contribution in [0.4, 0.5) is 17.1 Å². The molecule has 4 amide bonds. The first-order chi connectivity index (χ1) is 24.7. The van der Waals surface area contributed by atoms with Gasteiger partial charge in [0, 0.05) is 61.8 Å². The van der Waals surface area contributed by atoms with Crippen LogP contribution in [-0.2, 0) is 44.3 Å². The molecule has 3 aromatic carbocycles. The van der Waals surface area contributed by atoms with Crippen LogP contribution >= 0.6 is 0 Å². The second kappa shape index (κ2) is 14.4. The summed E-state index contributed by atoms with van der Waals surface area (Å²) in [7, 11) is 0. The largest absolute Gasteiger partial charge is 0.394 e. The molecule has 10 nitrogen and oxygen atoms in total. The number of carbonyl (C=O) groups is 4. The van der Waals surface area contributed by atoms with Crippen molar-refractivity contribution in [3.8, 4) is 0 Å². The Balaban J connectivity index is 1.14. The molecule has 0 saturated carbocycles. The maximum atomic E-state index is 14.4. The normalized spacial score (nSPS) is 22.8. The number of aliphatic hydroxyl groups is 2. The van der Waals surface area contributed by atoms with Crippen molar-refractivity contribution in [3.05, 3.63) is 101 Å². The molecule has 266 valence electrons. The van der Waals surface area contributed by atoms with E-state index in [1.807, 2.05) is 60.7 Å². The predicted octanol–water partition coefficient (Wildman–Crippen LogP) is 4.98. The number of nitrogens with zero attached hydrogens (tertiary/aromatic N) is 4. The Labute approximate surface area is 299 Å². The van der Waals surface area contributed by atoms with Gasteiger partial charge >= 0.3 is 0 Å². The van der Waals surface area contributed by atoms with Gasteiger partial charge in [-0.2, -0.15) is 0 Å². The molecule has 4 aliphatic rings. The summed E-state index contributed by atoms with van der Waals surface area (Å²) >= 11 is 0. The van der Waals surface area contributed by atoms with Gasteiger partial charge in [-0.3, -0.25) is 19.2 Å². The van der Waals surface area contributed by atoms with Crippen LogP contribution in [-0.4, -0.2) is 64.5 Å². The molecule has 4 heterocycles. The third-order valence-corrected chi connectivity index (χ3v) is 11.1. The van der Waals surface area contributed by atoms with E-state index in [9.17, 15) is 29.4 Å². The van der Waals surface area contributed by atoms with E-state index < -0.39 is 17.4 Å². The number of piperidine rings is 2. The average Bonchev–Trinajstić information content (AvgIpc) is 3.36. The Kier molecular flexibility index (Phi) is 9.81. The van der Waals surface area contributed by atoms with Crippen molar-refractivity contribution in [2.45, 2.75) is 83.0 Å². The van der Waals surface area contributed by atoms with Crippen LogP contribution in [0.1, 0.15) is 74.1 Å². The number of aliphatic hydroxyl groups excluding tert-OH is 1. The summed E-state index contributed by atoms with van der Waals surface area (Å²) < 4.78 is 0. The van der Waals surface area contributed by atoms with Crippen LogP contribution in [0.15, 0.2) is 78.9 Å². The number of rotatable bonds is 9. The first-order valence-corrected chi connectivity index (χ1v) is 18.2. The van der Waals surface area contributed by atoms with Gasteiger partial charge in [-0.1, -0.05) is 55.5 Å². The minimum Gasteiger partial charge on any atom is -0.394 e. The standard InChI is InChI=1S/C41H46N4O6/c1-28(9-8-14-39(49)44-26-31-11-3-2-10-30(31)23-34(44)27-46)41(51)35-24-33(43-22-7-5-13-38(43)48)19-20-36(35)45(40(41)50)25-29-15-17-32(18-16-29)42-21-6-4-12-37(42)47/h2-3,8-11,15-20,24,28,34,46,51H,4-7,12-14,21-23,25-27H2,1H3/b9-8+/t28-,34+,41+/m1/s1. The minimum atomic E-state index is -1.94. The molecule has 2 fully saturated rings. The third-order valence-electron chi connectivity index (χ3n) is 11.1. The van der Waals surface area contributed by atoms with E-state index in [0.29, 0.717) is 55.8 Å². The Hall–Kier alpha value is -4.80. The van der Waals surface area contributed by atoms with E-state index in [1.54, 1.807) is 44.7 Å². The molecule has 4 aliphatic heterocycles. The molecule has 3 atom stereocenters. The summed E-state index contributed by atoms with van der Waals surface area (Å²) in [6, 6.07) is 20.7. The molecule has 0 radical (unpaired) electrons. The monoisotopic (exact) mass is 690 g/mol. The Morgan fingerprint density at radius 2 is 1.53 bits per heavy atom. The highest BCUT2D eigenvalue weighted by atomic mass is 16.3. The lowest BCUT2D eigenvalue weighted by Crippen LogP contribution is -2.46. The fourth-order valence-corrected chi connectivity index (χ4v) is 8.05. The van der Waals surface area contributed by atoms with E-state index >= 15 is 0 Å². The second-order valence-corrected chi connectivity index (χ2v) is 14.3. The van der Waals surface area contributed by atoms with Crippen molar-refractivity contribution in [1.82, 2.24) is 4.90 Å². The van der Waals surface area contributed by atoms with Gasteiger partial charge in [0.25, 0.3) is 5.91 Å². The summed E-state index contributed by atoms with van der Waals surface area (Å²) in [6.07, 6.45) is 8.65. The number of fused-ring (bicyclic) bond motifs is 2. The zero-order valence-electron chi connectivity index (χ0n) is 29.2. The maximum absolute atomic E-state index is 14.4. The van der Waals surface area contributed by atoms with Gasteiger partial charge in [0.2, 0.25) is 17.7 Å². The Morgan fingerprint density at radius 3 is 2.20 bits per heavy atom. The molecule has 7 rings (SSSR count). The minimum absolute atomic E-state index is 0.0196. The number of carbonyl (C=O) groups excluding carboxylic acids is 4. The van der Waals surface area contributed by atoms with E-state index in [4.69, 9.17) is 0 Å². The topological polar surface area (TPSA) is 122 Å². The van der Waals surface area contributed by atoms with E-state index in [1.165, 1.54) is 0 Å². The third kappa shape index (κ3) is 6.58. The van der Waals surface area contributed by atoms with E-state index in [-0.39, 0.29) is 43.3 Å². The Bertz CT molecular complexity index is 1860. The molecule has 0 aliphatic carbocycles. The zero-order chi connectivity index (χ0) is 35.7. The smallest absolute Gasteiger partial charge is 0.264 e. The van der Waals surface area contributed by atoms with E-state index in [2.05, 4.69) is 0 Å². The number of anilines is 3. The highest BCUT2D eigenvalue weighted by Crippen LogP contribution is 2.47. The molecular formula is C41H46N4O6. The average molecular weight is 691 g/mol. The summed E-state index contributed by atoms with van der Waals surface area (Å²) in [4.78, 5) is 60.0. The highest BCUT2D eigenvalue weighted by molar-refractivity contribution is 6.08. The van der Waals surface area contributed by atoms with Crippen molar-refractivity contribution < 1.29 is 29.4 Å². The maximum Gasteiger partial charge on any atom is 0.264 e. The van der Waals surface area contributed by atoms with Crippen molar-refractivity contribution in [3.63, 3.8) is 0 Å². The quantitative estimate of drug-likeness (QED) is 0.306. The van der Waals surface area contributed by atoms with Gasteiger partial charge in [-0.15, -0.1) is 0 Å². The number of benzene rings is 3. The first kappa shape index (κ1) is 34.6. The van der Waals surface area contributed by atoms with Gasteiger partial charge in [0.15, 0.2) is 5.60 Å². The van der Waals surface area contributed by atoms with Gasteiger partial charge in [0.05, 0.1) is 24.9 Å². The molecular weight excluding hydrogens is 644 g/mol. The highest BCUT2D eigenvalue weighted by Gasteiger charge is 2.53. The molecule has 0 aromatic heterocycles. The van der Waals surface area contributed by atoms with Crippen LogP contribution in [0.25, 0.3) is 0 Å². The van der Waals surface area contributed by atoms with Gasteiger partial charge in [0.1, 0.15) is 0 Å². The first-order valence-electron chi connectivity index (χ1n) is 18.2. The summed E-state index contributed by atoms with van der Waals surface area (Å²) in [6.45, 7) is 3.52. The zero-order valence-corrected chi connectivity index (χ0v) is 29.2. The second-order valence-electron chi connectivity index (χ2n) is 14.3. The summed E-state index contributed by atoms with van der Waals surface area (Å²) in [5.74, 6) is -1.20. The lowest BCUT2D eigenvalue weighted by Gasteiger charge is -2.36. The molecule has 0 spiro atoms. The van der Waals surface area contributed by atoms with Gasteiger partial charge in [-0.25, -0.2) is 0 Å². The summed E-state index contributed by atoms with van der Waals surface area (Å²) in [5.41, 5.74) is 3.57. The van der Waals surface area contributed by atoms with Crippen LogP contribution in [0.5, 0.6) is 0 Å². The predicted molar refractivity (Wildman–Crippen MR) is 195 cm³/mol. The van der Waals surface area contributed by atoms with E-state index in [0.717, 1.165) is 48.1 Å². The van der Waals surface area contributed by atoms with Gasteiger partial charge in [-0.05, 0) is 79.1 Å². The number of hydrogen-bond acceptors (Lipinski definition) is 6. The lowest BCUT2D eigenvalue weighted by molar-refractivity contribution is -0.139. The lowest BCUT2D eigenvalue weighted by atomic mass is 9.82. The van der Waals surface area contributed by atoms with Crippen molar-refractivity contribution in [2.24, 2.45) is 5.92 Å². The molecule has 51 heavy (non-hydrogen) atoms. The van der Waals surface area contributed by atoms with Gasteiger partial charge < -0.3 is 29.8 Å². The molecule has 0 bridgehead atoms. The molecule has 2 N–H and O–H groups in total. The summed E-state index contributed by atoms with van der Waals surface area (Å²) in [5, 5.41) is 22.5. The number of amides is 4. The molecule has 2 saturated heterocycles. The van der Waals surface area contributed by atoms with Crippen LogP contribution in [0.2, 0.25) is 0 Å². The van der Waals surface area contributed by atoms with Crippen molar-refractivity contribution >= 4 is 40.7 Å². The number of hydrogen-bond donors (Lipinski definition) is 2. The molecule has 0 unspecified atom stereocenters. The van der Waals surface area contributed by atoms with Crippen molar-refractivity contribution in [2.75, 3.05) is 34.4 Å². The van der Waals surface area contributed by atoms with Crippen LogP contribution in [0.3, 0.4) is 0 Å².